The van der Waals surface area contributed by atoms with Gasteiger partial charge >= 0.3 is 0 Å². The van der Waals surface area contributed by atoms with Crippen LogP contribution in [0, 0.1) is 34.5 Å². The predicted octanol–water partition coefficient (Wildman–Crippen LogP) is 6.97. The fourth-order valence-corrected chi connectivity index (χ4v) is 9.03. The average Bonchev–Trinajstić information content (AvgIpc) is 2.90. The maximum Gasteiger partial charge on any atom is 0.184 e. The molecule has 0 saturated heterocycles. The molecule has 7 atom stereocenters. The van der Waals surface area contributed by atoms with E-state index in [1.165, 1.54) is 44.9 Å². The summed E-state index contributed by atoms with van der Waals surface area (Å²) in [7, 11) is -1.46. The molecule has 0 bridgehead atoms. The summed E-state index contributed by atoms with van der Waals surface area (Å²) in [5, 5.41) is 0. The van der Waals surface area contributed by atoms with Gasteiger partial charge in [-0.2, -0.15) is 0 Å². The maximum absolute atomic E-state index is 6.60. The van der Waals surface area contributed by atoms with Crippen molar-refractivity contribution in [2.75, 3.05) is 0 Å². The molecule has 0 amide bonds. The molecule has 26 heavy (non-hydrogen) atoms. The van der Waals surface area contributed by atoms with Crippen LogP contribution in [0.2, 0.25) is 19.6 Å². The van der Waals surface area contributed by atoms with E-state index in [-0.39, 0.29) is 0 Å². The molecule has 0 radical (unpaired) electrons. The summed E-state index contributed by atoms with van der Waals surface area (Å²) in [6.07, 6.45) is 17.6. The molecule has 2 heteroatoms. The van der Waals surface area contributed by atoms with Crippen molar-refractivity contribution in [3.8, 4) is 0 Å². The molecule has 4 rings (SSSR count). The van der Waals surface area contributed by atoms with Crippen LogP contribution in [0.5, 0.6) is 0 Å². The van der Waals surface area contributed by atoms with E-state index in [1.807, 2.05) is 0 Å². The van der Waals surface area contributed by atoms with Crippen molar-refractivity contribution >= 4 is 8.32 Å². The van der Waals surface area contributed by atoms with Gasteiger partial charge in [0.1, 0.15) is 0 Å². The maximum atomic E-state index is 6.60. The molecule has 0 aromatic rings. The Kier molecular flexibility index (Phi) is 4.63. The molecule has 1 nitrogen and oxygen atoms in total. The van der Waals surface area contributed by atoms with Gasteiger partial charge in [0, 0.05) is 6.10 Å². The number of allylic oxidation sites excluding steroid dienone is 4. The van der Waals surface area contributed by atoms with Crippen LogP contribution in [0.3, 0.4) is 0 Å². The van der Waals surface area contributed by atoms with Crippen molar-refractivity contribution in [3.05, 3.63) is 23.8 Å². The smallest absolute Gasteiger partial charge is 0.184 e. The van der Waals surface area contributed by atoms with Crippen LogP contribution in [0.4, 0.5) is 0 Å². The zero-order valence-electron chi connectivity index (χ0n) is 18.0. The first-order valence-electron chi connectivity index (χ1n) is 11.2. The van der Waals surface area contributed by atoms with Crippen molar-refractivity contribution in [1.82, 2.24) is 0 Å². The van der Waals surface area contributed by atoms with Crippen LogP contribution in [0.15, 0.2) is 23.8 Å². The number of rotatable bonds is 3. The van der Waals surface area contributed by atoms with Crippen molar-refractivity contribution in [2.24, 2.45) is 34.5 Å². The van der Waals surface area contributed by atoms with Gasteiger partial charge in [0.15, 0.2) is 8.32 Å². The summed E-state index contributed by atoms with van der Waals surface area (Å²) in [4.78, 5) is 0. The monoisotopic (exact) mass is 372 g/mol. The third-order valence-corrected chi connectivity index (χ3v) is 9.91. The molecular formula is C24H40OSi. The minimum atomic E-state index is -1.46. The summed E-state index contributed by atoms with van der Waals surface area (Å²) in [6, 6.07) is 0. The highest BCUT2D eigenvalue weighted by Gasteiger charge is 2.58. The van der Waals surface area contributed by atoms with Crippen LogP contribution >= 0.6 is 0 Å². The third kappa shape index (κ3) is 2.90. The minimum Gasteiger partial charge on any atom is -0.415 e. The molecule has 0 aromatic carbocycles. The summed E-state index contributed by atoms with van der Waals surface area (Å²) in [6.45, 7) is 14.7. The van der Waals surface area contributed by atoms with Gasteiger partial charge in [-0.15, -0.1) is 0 Å². The van der Waals surface area contributed by atoms with Gasteiger partial charge in [-0.05, 0) is 112 Å². The second kappa shape index (κ2) is 6.34. The lowest BCUT2D eigenvalue weighted by Crippen LogP contribution is -2.50. The lowest BCUT2D eigenvalue weighted by Gasteiger charge is -2.57. The van der Waals surface area contributed by atoms with Crippen LogP contribution in [-0.2, 0) is 4.43 Å². The standard InChI is InChI=1S/C24H40OSi/c1-17(25-26(4,5)6)20-12-13-21-19-11-10-18-9-7-8-15-23(18,2)22(19)14-16-24(20,21)3/h7,9-10,17,19-22H,8,11-16H2,1-6H3/t17-,19+,20-,21+,22+,23+,24-/m1/s1. The highest BCUT2D eigenvalue weighted by Crippen LogP contribution is 2.66. The molecule has 0 aliphatic heterocycles. The van der Waals surface area contributed by atoms with Gasteiger partial charge in [0.05, 0.1) is 0 Å². The summed E-state index contributed by atoms with van der Waals surface area (Å²) < 4.78 is 6.60. The lowest BCUT2D eigenvalue weighted by molar-refractivity contribution is -0.0552. The Bertz CT molecular complexity index is 614. The van der Waals surface area contributed by atoms with Crippen molar-refractivity contribution in [1.29, 1.82) is 0 Å². The molecular weight excluding hydrogens is 332 g/mol. The Morgan fingerprint density at radius 1 is 1.08 bits per heavy atom. The van der Waals surface area contributed by atoms with E-state index in [0.29, 0.717) is 16.9 Å². The SMILES string of the molecule is C[C@@H](O[Si](C)(C)C)[C@H]1CC[C@H]2[C@@H]3CC=C4C=CCC[C@]4(C)[C@H]3CC[C@]12C. The van der Waals surface area contributed by atoms with E-state index in [9.17, 15) is 0 Å². The normalized spacial score (nSPS) is 46.2. The van der Waals surface area contributed by atoms with Crippen LogP contribution in [-0.4, -0.2) is 14.4 Å². The fraction of sp³-hybridized carbons (Fsp3) is 0.833. The lowest BCUT2D eigenvalue weighted by atomic mass is 9.48. The summed E-state index contributed by atoms with van der Waals surface area (Å²) in [5.74, 6) is 3.51. The summed E-state index contributed by atoms with van der Waals surface area (Å²) >= 11 is 0. The van der Waals surface area contributed by atoms with Crippen LogP contribution in [0.1, 0.15) is 65.7 Å². The quantitative estimate of drug-likeness (QED) is 0.486. The second-order valence-corrected chi connectivity index (χ2v) is 15.8. The van der Waals surface area contributed by atoms with Crippen molar-refractivity contribution in [3.63, 3.8) is 0 Å². The number of hydrogen-bond acceptors (Lipinski definition) is 1. The molecule has 0 heterocycles. The van der Waals surface area contributed by atoms with E-state index < -0.39 is 8.32 Å². The highest BCUT2D eigenvalue weighted by molar-refractivity contribution is 6.69. The van der Waals surface area contributed by atoms with Gasteiger partial charge in [-0.1, -0.05) is 32.1 Å². The molecule has 2 fully saturated rings. The Morgan fingerprint density at radius 2 is 1.85 bits per heavy atom. The molecule has 0 spiro atoms. The van der Waals surface area contributed by atoms with Gasteiger partial charge in [0.2, 0.25) is 0 Å². The highest BCUT2D eigenvalue weighted by atomic mass is 28.4. The largest absolute Gasteiger partial charge is 0.415 e. The van der Waals surface area contributed by atoms with E-state index in [0.717, 1.165) is 23.7 Å². The average molecular weight is 373 g/mol. The zero-order chi connectivity index (χ0) is 18.7. The van der Waals surface area contributed by atoms with E-state index in [2.05, 4.69) is 58.6 Å². The van der Waals surface area contributed by atoms with Gasteiger partial charge < -0.3 is 4.43 Å². The Labute approximate surface area is 162 Å². The first kappa shape index (κ1) is 19.0. The summed E-state index contributed by atoms with van der Waals surface area (Å²) in [5.41, 5.74) is 2.63. The first-order valence-corrected chi connectivity index (χ1v) is 14.6. The molecule has 2 saturated carbocycles. The Balaban J connectivity index is 1.59. The predicted molar refractivity (Wildman–Crippen MR) is 114 cm³/mol. The number of hydrogen-bond donors (Lipinski definition) is 0. The fourth-order valence-electron chi connectivity index (χ4n) is 7.75. The Morgan fingerprint density at radius 3 is 2.58 bits per heavy atom. The van der Waals surface area contributed by atoms with Crippen LogP contribution < -0.4 is 0 Å². The van der Waals surface area contributed by atoms with Gasteiger partial charge in [0.25, 0.3) is 0 Å². The van der Waals surface area contributed by atoms with E-state index >= 15 is 0 Å². The first-order chi connectivity index (χ1) is 12.2. The van der Waals surface area contributed by atoms with E-state index in [1.54, 1.807) is 5.57 Å². The van der Waals surface area contributed by atoms with Crippen LogP contribution in [0.25, 0.3) is 0 Å². The Hall–Kier alpha value is -0.343. The van der Waals surface area contributed by atoms with Crippen molar-refractivity contribution in [2.45, 2.75) is 91.5 Å². The second-order valence-electron chi connectivity index (χ2n) is 11.3. The molecule has 4 aliphatic rings. The van der Waals surface area contributed by atoms with Gasteiger partial charge in [-0.25, -0.2) is 0 Å². The zero-order valence-corrected chi connectivity index (χ0v) is 19.0. The number of fused-ring (bicyclic) bond motifs is 5. The van der Waals surface area contributed by atoms with E-state index in [4.69, 9.17) is 4.43 Å². The van der Waals surface area contributed by atoms with Crippen molar-refractivity contribution < 1.29 is 4.43 Å². The molecule has 0 N–H and O–H groups in total. The van der Waals surface area contributed by atoms with Gasteiger partial charge in [-0.3, -0.25) is 0 Å². The topological polar surface area (TPSA) is 9.23 Å². The third-order valence-electron chi connectivity index (χ3n) is 8.83. The molecule has 146 valence electrons. The molecule has 4 aliphatic carbocycles. The molecule has 0 unspecified atom stereocenters. The minimum absolute atomic E-state index is 0.441. The molecule has 0 aromatic heterocycles.